The van der Waals surface area contributed by atoms with Crippen molar-refractivity contribution in [2.45, 2.75) is 78.1 Å². The average molecular weight is 288 g/mol. The maximum atomic E-state index is 10.5. The van der Waals surface area contributed by atoms with E-state index in [-0.39, 0.29) is 0 Å². The first kappa shape index (κ1) is 19.4. The van der Waals surface area contributed by atoms with Gasteiger partial charge in [-0.1, -0.05) is 51.9 Å². The van der Waals surface area contributed by atoms with E-state index in [2.05, 4.69) is 11.8 Å². The van der Waals surface area contributed by atoms with Gasteiger partial charge in [0.1, 0.15) is 0 Å². The maximum absolute atomic E-state index is 10.5. The first-order valence-corrected chi connectivity index (χ1v) is 8.30. The molecular weight excluding hydrogens is 255 g/mol. The van der Waals surface area contributed by atoms with Gasteiger partial charge in [0, 0.05) is 6.92 Å². The monoisotopic (exact) mass is 288 g/mol. The molecule has 120 valence electrons. The Morgan fingerprint density at radius 1 is 1.00 bits per heavy atom. The van der Waals surface area contributed by atoms with E-state index in [1.165, 1.54) is 83.8 Å². The van der Waals surface area contributed by atoms with Crippen LogP contribution in [0.2, 0.25) is 0 Å². The summed E-state index contributed by atoms with van der Waals surface area (Å²) in [5, 5.41) is 0. The minimum atomic E-state index is -0.662. The highest BCUT2D eigenvalue weighted by Gasteiger charge is 2.08. The number of piperidine rings is 1. The fourth-order valence-electron chi connectivity index (χ4n) is 2.48. The maximum Gasteiger partial charge on any atom is 0.244 e. The summed E-state index contributed by atoms with van der Waals surface area (Å²) in [6.07, 6.45) is 14.4. The second kappa shape index (κ2) is 14.8. The highest BCUT2D eigenvalue weighted by atomic mass is 19.2. The Labute approximate surface area is 124 Å². The van der Waals surface area contributed by atoms with E-state index >= 15 is 0 Å². The number of unbranched alkanes of at least 4 members (excludes halogenated alkanes) is 6. The Morgan fingerprint density at radius 2 is 1.50 bits per heavy atom. The van der Waals surface area contributed by atoms with Crippen molar-refractivity contribution in [1.29, 1.82) is 0 Å². The van der Waals surface area contributed by atoms with Gasteiger partial charge in [0.2, 0.25) is 5.91 Å². The van der Waals surface area contributed by atoms with E-state index in [1.54, 1.807) is 0 Å². The average Bonchev–Trinajstić information content (AvgIpc) is 2.48. The van der Waals surface area contributed by atoms with Crippen LogP contribution in [0.5, 0.6) is 0 Å². The molecule has 0 spiro atoms. The lowest BCUT2D eigenvalue weighted by molar-refractivity contribution is -0.123. The van der Waals surface area contributed by atoms with Crippen molar-refractivity contribution >= 4 is 5.91 Å². The number of nitrogens with one attached hydrogen (secondary N) is 1. The molecule has 1 fully saturated rings. The van der Waals surface area contributed by atoms with Crippen LogP contribution in [0.1, 0.15) is 78.1 Å². The molecule has 1 N–H and O–H groups in total. The van der Waals surface area contributed by atoms with Gasteiger partial charge in [0.25, 0.3) is 0 Å². The molecule has 0 radical (unpaired) electrons. The van der Waals surface area contributed by atoms with Gasteiger partial charge in [-0.25, -0.2) is 0 Å². The zero-order chi connectivity index (χ0) is 15.1. The Bertz CT molecular complexity index is 219. The lowest BCUT2D eigenvalue weighted by Crippen LogP contribution is -2.30. The molecule has 20 heavy (non-hydrogen) atoms. The Hall–Kier alpha value is -0.640. The van der Waals surface area contributed by atoms with Crippen LogP contribution < -0.4 is 5.54 Å². The summed E-state index contributed by atoms with van der Waals surface area (Å²) in [4.78, 5) is 12.0. The second-order valence-electron chi connectivity index (χ2n) is 5.67. The molecule has 1 heterocycles. The number of carbonyl (C=O) groups is 1. The molecule has 1 aliphatic heterocycles. The fraction of sp³-hybridized carbons (Fsp3) is 0.938. The largest absolute Gasteiger partial charge is 0.303 e. The van der Waals surface area contributed by atoms with Gasteiger partial charge in [0.05, 0.1) is 0 Å². The van der Waals surface area contributed by atoms with Gasteiger partial charge in [-0.15, -0.1) is 4.48 Å². The summed E-state index contributed by atoms with van der Waals surface area (Å²) in [6, 6.07) is 0. The zero-order valence-electron chi connectivity index (χ0n) is 13.4. The molecule has 0 atom stereocenters. The van der Waals surface area contributed by atoms with E-state index in [9.17, 15) is 9.28 Å². The van der Waals surface area contributed by atoms with Gasteiger partial charge >= 0.3 is 0 Å². The molecular formula is C16H33FN2O. The van der Waals surface area contributed by atoms with Gasteiger partial charge in [0.15, 0.2) is 0 Å². The van der Waals surface area contributed by atoms with Crippen LogP contribution in [-0.4, -0.2) is 30.4 Å². The molecule has 1 rings (SSSR count). The number of amides is 1. The number of rotatable bonds is 8. The molecule has 3 nitrogen and oxygen atoms in total. The van der Waals surface area contributed by atoms with Crippen LogP contribution in [0.15, 0.2) is 0 Å². The van der Waals surface area contributed by atoms with Crippen LogP contribution in [0.25, 0.3) is 0 Å². The third-order valence-electron chi connectivity index (χ3n) is 3.66. The van der Waals surface area contributed by atoms with E-state index in [0.717, 1.165) is 12.5 Å². The van der Waals surface area contributed by atoms with Crippen molar-refractivity contribution in [2.75, 3.05) is 19.6 Å². The van der Waals surface area contributed by atoms with Crippen molar-refractivity contribution in [3.05, 3.63) is 0 Å². The molecule has 0 aromatic carbocycles. The van der Waals surface area contributed by atoms with Crippen LogP contribution in [0.3, 0.4) is 0 Å². The number of nitrogens with zero attached hydrogens (tertiary/aromatic N) is 1. The third kappa shape index (κ3) is 13.8. The third-order valence-corrected chi connectivity index (χ3v) is 3.66. The number of carbonyl (C=O) groups excluding carboxylic acids is 1. The normalized spacial score (nSPS) is 15.3. The molecule has 0 bridgehead atoms. The summed E-state index contributed by atoms with van der Waals surface area (Å²) in [5.74, 6) is -0.662. The highest BCUT2D eigenvalue weighted by molar-refractivity contribution is 5.71. The summed E-state index contributed by atoms with van der Waals surface area (Å²) in [7, 11) is 0. The standard InChI is InChI=1S/C14H29N.C2H4FNO/c1-2-3-4-5-6-7-9-12-15-13-10-8-11-14-15;1-2(5)4-3/h2-14H2,1H3;1H3,(H,4,5). The SMILES string of the molecule is CC(=O)NF.CCCCCCCCCN1CCCCC1. The lowest BCUT2D eigenvalue weighted by Gasteiger charge is -2.26. The van der Waals surface area contributed by atoms with E-state index in [0.29, 0.717) is 0 Å². The van der Waals surface area contributed by atoms with Crippen molar-refractivity contribution < 1.29 is 9.28 Å². The number of hydrogen-bond donors (Lipinski definition) is 1. The molecule has 1 aliphatic rings. The Morgan fingerprint density at radius 3 is 2.00 bits per heavy atom. The molecule has 1 saturated heterocycles. The Balaban J connectivity index is 0.000000621. The van der Waals surface area contributed by atoms with Crippen molar-refractivity contribution in [3.8, 4) is 0 Å². The number of hydrogen-bond acceptors (Lipinski definition) is 2. The predicted molar refractivity (Wildman–Crippen MR) is 83.2 cm³/mol. The smallest absolute Gasteiger partial charge is 0.244 e. The molecule has 0 aliphatic carbocycles. The van der Waals surface area contributed by atoms with Crippen LogP contribution in [0, 0.1) is 0 Å². The number of halogens is 1. The highest BCUT2D eigenvalue weighted by Crippen LogP contribution is 2.11. The molecule has 4 heteroatoms. The van der Waals surface area contributed by atoms with Gasteiger partial charge < -0.3 is 4.90 Å². The van der Waals surface area contributed by atoms with Gasteiger partial charge in [-0.2, -0.15) is 5.54 Å². The van der Waals surface area contributed by atoms with Gasteiger partial charge in [-0.05, 0) is 38.9 Å². The molecule has 0 aromatic heterocycles. The van der Waals surface area contributed by atoms with E-state index in [4.69, 9.17) is 0 Å². The van der Waals surface area contributed by atoms with E-state index < -0.39 is 5.91 Å². The Kier molecular flexibility index (Phi) is 14.3. The van der Waals surface area contributed by atoms with Gasteiger partial charge in [-0.3, -0.25) is 4.79 Å². The fourth-order valence-corrected chi connectivity index (χ4v) is 2.48. The van der Waals surface area contributed by atoms with Crippen molar-refractivity contribution in [1.82, 2.24) is 10.4 Å². The summed E-state index contributed by atoms with van der Waals surface area (Å²) in [6.45, 7) is 7.50. The molecule has 1 amide bonds. The summed E-state index contributed by atoms with van der Waals surface area (Å²) >= 11 is 0. The minimum absolute atomic E-state index is 0.662. The molecule has 0 aromatic rings. The lowest BCUT2D eigenvalue weighted by atomic mass is 10.1. The quantitative estimate of drug-likeness (QED) is 0.535. The number of likely N-dealkylation sites (tertiary alicyclic amines) is 1. The molecule has 0 unspecified atom stereocenters. The predicted octanol–water partition coefficient (Wildman–Crippen LogP) is 4.23. The first-order chi connectivity index (χ1) is 9.70. The zero-order valence-corrected chi connectivity index (χ0v) is 13.4. The van der Waals surface area contributed by atoms with Crippen molar-refractivity contribution in [2.24, 2.45) is 0 Å². The summed E-state index contributed by atoms with van der Waals surface area (Å²) < 4.78 is 10.5. The van der Waals surface area contributed by atoms with Crippen molar-refractivity contribution in [3.63, 3.8) is 0 Å². The van der Waals surface area contributed by atoms with Crippen LogP contribution in [0.4, 0.5) is 4.48 Å². The van der Waals surface area contributed by atoms with Crippen LogP contribution in [-0.2, 0) is 4.79 Å². The topological polar surface area (TPSA) is 32.3 Å². The first-order valence-electron chi connectivity index (χ1n) is 8.30. The van der Waals surface area contributed by atoms with E-state index in [1.807, 2.05) is 0 Å². The molecule has 0 saturated carbocycles. The summed E-state index contributed by atoms with van der Waals surface area (Å²) in [5.41, 5.74) is 0.889. The minimum Gasteiger partial charge on any atom is -0.303 e. The van der Waals surface area contributed by atoms with Crippen LogP contribution >= 0.6 is 0 Å². The second-order valence-corrected chi connectivity index (χ2v) is 5.67.